The van der Waals surface area contributed by atoms with E-state index in [0.29, 0.717) is 6.42 Å². The Hall–Kier alpha value is -1.30. The monoisotopic (exact) mass is 337 g/mol. The molecule has 0 saturated carbocycles. The van der Waals surface area contributed by atoms with E-state index in [9.17, 15) is 4.39 Å². The van der Waals surface area contributed by atoms with Gasteiger partial charge in [0.25, 0.3) is 0 Å². The van der Waals surface area contributed by atoms with Crippen molar-refractivity contribution in [2.75, 3.05) is 0 Å². The third kappa shape index (κ3) is 3.42. The Bertz CT molecular complexity index is 589. The van der Waals surface area contributed by atoms with Gasteiger partial charge < -0.3 is 0 Å². The van der Waals surface area contributed by atoms with E-state index < -0.39 is 0 Å². The van der Waals surface area contributed by atoms with Crippen molar-refractivity contribution in [2.24, 2.45) is 5.84 Å². The van der Waals surface area contributed by atoms with Gasteiger partial charge in [0.2, 0.25) is 0 Å². The van der Waals surface area contributed by atoms with Crippen LogP contribution in [0.25, 0.3) is 0 Å². The summed E-state index contributed by atoms with van der Waals surface area (Å²) in [4.78, 5) is 4.42. The number of hydrogen-bond acceptors (Lipinski definition) is 3. The molecular weight excluding hydrogens is 321 g/mol. The quantitative estimate of drug-likeness (QED) is 0.650. The highest BCUT2D eigenvalue weighted by molar-refractivity contribution is 9.10. The Morgan fingerprint density at radius 2 is 2.15 bits per heavy atom. The van der Waals surface area contributed by atoms with E-state index in [1.54, 1.807) is 12.3 Å². The first kappa shape index (κ1) is 15.1. The molecule has 0 aliphatic carbocycles. The van der Waals surface area contributed by atoms with E-state index in [1.807, 2.05) is 12.1 Å². The van der Waals surface area contributed by atoms with Gasteiger partial charge in [-0.3, -0.25) is 16.3 Å². The number of aromatic nitrogens is 1. The van der Waals surface area contributed by atoms with Crippen LogP contribution >= 0.6 is 15.9 Å². The number of benzene rings is 1. The molecule has 0 aliphatic rings. The highest BCUT2D eigenvalue weighted by Gasteiger charge is 2.17. The first-order valence-electron chi connectivity index (χ1n) is 6.49. The maximum Gasteiger partial charge on any atom is 0.123 e. The lowest BCUT2D eigenvalue weighted by molar-refractivity contribution is 0.530. The zero-order chi connectivity index (χ0) is 14.5. The molecule has 0 bridgehead atoms. The number of hydrogen-bond donors (Lipinski definition) is 2. The first-order valence-corrected chi connectivity index (χ1v) is 7.28. The van der Waals surface area contributed by atoms with E-state index in [1.165, 1.54) is 12.1 Å². The molecule has 0 radical (unpaired) electrons. The molecule has 0 saturated heterocycles. The van der Waals surface area contributed by atoms with Gasteiger partial charge in [0.1, 0.15) is 5.82 Å². The van der Waals surface area contributed by atoms with Crippen LogP contribution < -0.4 is 11.3 Å². The number of hydrazine groups is 1. The first-order chi connectivity index (χ1) is 9.65. The summed E-state index contributed by atoms with van der Waals surface area (Å²) in [6.07, 6.45) is 3.20. The smallest absolute Gasteiger partial charge is 0.123 e. The lowest BCUT2D eigenvalue weighted by Crippen LogP contribution is -2.31. The Kier molecular flexibility index (Phi) is 5.23. The molecule has 2 aromatic rings. The van der Waals surface area contributed by atoms with Crippen LogP contribution in [-0.4, -0.2) is 4.98 Å². The van der Waals surface area contributed by atoms with Crippen LogP contribution in [0.5, 0.6) is 0 Å². The fraction of sp³-hybridized carbons (Fsp3) is 0.267. The molecule has 0 amide bonds. The Morgan fingerprint density at radius 1 is 1.35 bits per heavy atom. The van der Waals surface area contributed by atoms with Crippen LogP contribution in [0.15, 0.2) is 41.0 Å². The summed E-state index contributed by atoms with van der Waals surface area (Å²) in [6, 6.07) is 8.45. The van der Waals surface area contributed by atoms with Gasteiger partial charge in [-0.2, -0.15) is 0 Å². The van der Waals surface area contributed by atoms with E-state index in [-0.39, 0.29) is 11.9 Å². The molecule has 0 fully saturated rings. The van der Waals surface area contributed by atoms with Crippen molar-refractivity contribution in [1.29, 1.82) is 0 Å². The fourth-order valence-electron chi connectivity index (χ4n) is 2.22. The fourth-order valence-corrected chi connectivity index (χ4v) is 2.63. The number of aryl methyl sites for hydroxylation is 1. The maximum atomic E-state index is 13.4. The largest absolute Gasteiger partial charge is 0.271 e. The summed E-state index contributed by atoms with van der Waals surface area (Å²) in [5, 5.41) is 0. The summed E-state index contributed by atoms with van der Waals surface area (Å²) in [5.74, 6) is 5.41. The predicted molar refractivity (Wildman–Crippen MR) is 81.5 cm³/mol. The van der Waals surface area contributed by atoms with Gasteiger partial charge in [-0.05, 0) is 48.2 Å². The van der Waals surface area contributed by atoms with Gasteiger partial charge in [-0.15, -0.1) is 0 Å². The van der Waals surface area contributed by atoms with E-state index in [0.717, 1.165) is 27.7 Å². The summed E-state index contributed by atoms with van der Waals surface area (Å²) >= 11 is 3.44. The standard InChI is InChI=1S/C15H17BrFN3/c1-2-10-4-3-7-19-15(10)14(20-18)9-11-8-12(17)5-6-13(11)16/h3-8,14,20H,2,9,18H2,1H3. The second-order valence-corrected chi connectivity index (χ2v) is 5.41. The summed E-state index contributed by atoms with van der Waals surface area (Å²) in [5.41, 5.74) is 5.70. The minimum Gasteiger partial charge on any atom is -0.271 e. The van der Waals surface area contributed by atoms with Crippen LogP contribution in [0.2, 0.25) is 0 Å². The lowest BCUT2D eigenvalue weighted by Gasteiger charge is -2.19. The summed E-state index contributed by atoms with van der Waals surface area (Å²) in [7, 11) is 0. The zero-order valence-corrected chi connectivity index (χ0v) is 12.8. The Morgan fingerprint density at radius 3 is 2.85 bits per heavy atom. The number of nitrogens with two attached hydrogens (primary N) is 1. The van der Waals surface area contributed by atoms with Crippen molar-refractivity contribution >= 4 is 15.9 Å². The van der Waals surface area contributed by atoms with Crippen LogP contribution in [0.3, 0.4) is 0 Å². The molecule has 5 heteroatoms. The molecule has 3 nitrogen and oxygen atoms in total. The van der Waals surface area contributed by atoms with Crippen molar-refractivity contribution in [1.82, 2.24) is 10.4 Å². The van der Waals surface area contributed by atoms with Crippen molar-refractivity contribution in [3.63, 3.8) is 0 Å². The van der Waals surface area contributed by atoms with E-state index >= 15 is 0 Å². The van der Waals surface area contributed by atoms with Crippen LogP contribution in [0.1, 0.15) is 29.8 Å². The van der Waals surface area contributed by atoms with Gasteiger partial charge >= 0.3 is 0 Å². The second kappa shape index (κ2) is 6.92. The van der Waals surface area contributed by atoms with Crippen molar-refractivity contribution in [2.45, 2.75) is 25.8 Å². The van der Waals surface area contributed by atoms with Gasteiger partial charge in [0.05, 0.1) is 11.7 Å². The van der Waals surface area contributed by atoms with Gasteiger partial charge in [0.15, 0.2) is 0 Å². The number of halogens is 2. The normalized spacial score (nSPS) is 12.4. The van der Waals surface area contributed by atoms with Crippen LogP contribution in [-0.2, 0) is 12.8 Å². The van der Waals surface area contributed by atoms with E-state index in [2.05, 4.69) is 33.3 Å². The number of pyridine rings is 1. The molecule has 1 atom stereocenters. The highest BCUT2D eigenvalue weighted by atomic mass is 79.9. The molecular formula is C15H17BrFN3. The second-order valence-electron chi connectivity index (χ2n) is 4.56. The topological polar surface area (TPSA) is 50.9 Å². The summed E-state index contributed by atoms with van der Waals surface area (Å²) in [6.45, 7) is 2.08. The number of nitrogens with zero attached hydrogens (tertiary/aromatic N) is 1. The van der Waals surface area contributed by atoms with Gasteiger partial charge in [0, 0.05) is 10.7 Å². The lowest BCUT2D eigenvalue weighted by atomic mass is 9.99. The number of rotatable bonds is 5. The molecule has 0 aliphatic heterocycles. The number of nitrogens with one attached hydrogen (secondary N) is 1. The molecule has 3 N–H and O–H groups in total. The third-order valence-electron chi connectivity index (χ3n) is 3.27. The minimum atomic E-state index is -0.254. The van der Waals surface area contributed by atoms with Gasteiger partial charge in [-0.1, -0.05) is 28.9 Å². The Balaban J connectivity index is 2.31. The SMILES string of the molecule is CCc1cccnc1C(Cc1cc(F)ccc1Br)NN. The molecule has 20 heavy (non-hydrogen) atoms. The van der Waals surface area contributed by atoms with Crippen molar-refractivity contribution in [3.05, 3.63) is 63.6 Å². The molecule has 1 unspecified atom stereocenters. The predicted octanol–water partition coefficient (Wildman–Crippen LogP) is 3.29. The zero-order valence-electron chi connectivity index (χ0n) is 11.2. The average Bonchev–Trinajstić information content (AvgIpc) is 2.48. The molecule has 1 aromatic carbocycles. The summed E-state index contributed by atoms with van der Waals surface area (Å²) < 4.78 is 14.2. The van der Waals surface area contributed by atoms with Crippen molar-refractivity contribution in [3.8, 4) is 0 Å². The van der Waals surface area contributed by atoms with E-state index in [4.69, 9.17) is 5.84 Å². The van der Waals surface area contributed by atoms with Crippen LogP contribution in [0, 0.1) is 5.82 Å². The minimum absolute atomic E-state index is 0.149. The molecule has 1 aromatic heterocycles. The molecule has 106 valence electrons. The maximum absolute atomic E-state index is 13.4. The molecule has 2 rings (SSSR count). The van der Waals surface area contributed by atoms with Crippen LogP contribution in [0.4, 0.5) is 4.39 Å². The average molecular weight is 338 g/mol. The molecule has 1 heterocycles. The van der Waals surface area contributed by atoms with Gasteiger partial charge in [-0.25, -0.2) is 4.39 Å². The molecule has 0 spiro atoms. The third-order valence-corrected chi connectivity index (χ3v) is 4.04. The Labute approximate surface area is 126 Å². The highest BCUT2D eigenvalue weighted by Crippen LogP contribution is 2.25. The van der Waals surface area contributed by atoms with Crippen molar-refractivity contribution < 1.29 is 4.39 Å².